The molecule has 2 aromatic heterocycles. The summed E-state index contributed by atoms with van der Waals surface area (Å²) in [5, 5.41) is 14.0. The van der Waals surface area contributed by atoms with Crippen LogP contribution in [0.1, 0.15) is 15.9 Å². The average molecular weight is 476 g/mol. The first-order chi connectivity index (χ1) is 15.4. The Balaban J connectivity index is 1.90. The summed E-state index contributed by atoms with van der Waals surface area (Å²) in [5.41, 5.74) is 0.828. The van der Waals surface area contributed by atoms with Crippen LogP contribution >= 0.6 is 11.5 Å². The second kappa shape index (κ2) is 8.43. The summed E-state index contributed by atoms with van der Waals surface area (Å²) in [6.45, 7) is -0.177. The molecule has 4 aromatic rings. The summed E-state index contributed by atoms with van der Waals surface area (Å²) in [6, 6.07) is 9.52. The van der Waals surface area contributed by atoms with Gasteiger partial charge in [-0.15, -0.1) is 0 Å². The number of fused-ring (bicyclic) bond motifs is 1. The highest BCUT2D eigenvalue weighted by Gasteiger charge is 2.31. The molecule has 0 radical (unpaired) electrons. The van der Waals surface area contributed by atoms with Gasteiger partial charge in [0, 0.05) is 17.0 Å². The Kier molecular flexibility index (Phi) is 5.67. The zero-order valence-corrected chi connectivity index (χ0v) is 18.5. The molecule has 0 bridgehead atoms. The van der Waals surface area contributed by atoms with E-state index in [1.54, 1.807) is 24.3 Å². The zero-order valence-electron chi connectivity index (χ0n) is 16.9. The van der Waals surface area contributed by atoms with E-state index in [1.807, 2.05) is 0 Å². The molecule has 0 spiro atoms. The van der Waals surface area contributed by atoms with Crippen molar-refractivity contribution < 1.29 is 27.8 Å². The predicted molar refractivity (Wildman–Crippen MR) is 115 cm³/mol. The maximum atomic E-state index is 13.5. The minimum atomic E-state index is -4.20. The summed E-state index contributed by atoms with van der Waals surface area (Å²) in [5.74, 6) is -0.199. The van der Waals surface area contributed by atoms with Crippen molar-refractivity contribution in [2.45, 2.75) is 10.9 Å². The number of hydrogen-bond acceptors (Lipinski definition) is 9. The van der Waals surface area contributed by atoms with Crippen LogP contribution in [0, 0.1) is 0 Å². The van der Waals surface area contributed by atoms with E-state index >= 15 is 0 Å². The quantitative estimate of drug-likeness (QED) is 0.406. The van der Waals surface area contributed by atoms with Crippen LogP contribution in [0.5, 0.6) is 11.5 Å². The van der Waals surface area contributed by atoms with Crippen LogP contribution in [0.2, 0.25) is 0 Å². The standard InChI is InChI=1S/C19H17N5O6S2/c1-29-13-7-6-12(17(8-13)30-2)10-23(32(27,28)19-20-11-22-31-19)24-16-5-3-4-14(18(25)26)15(16)9-21-24/h3-9,11H,10H2,1-2H3,(H,25,26). The zero-order chi connectivity index (χ0) is 22.9. The van der Waals surface area contributed by atoms with Crippen LogP contribution in [0.4, 0.5) is 0 Å². The number of hydrogen-bond donors (Lipinski definition) is 1. The van der Waals surface area contributed by atoms with Crippen molar-refractivity contribution in [1.29, 1.82) is 0 Å². The molecule has 0 amide bonds. The van der Waals surface area contributed by atoms with Crippen LogP contribution in [0.3, 0.4) is 0 Å². The van der Waals surface area contributed by atoms with Crippen molar-refractivity contribution >= 4 is 38.4 Å². The Hall–Kier alpha value is -3.71. The Bertz CT molecular complexity index is 1380. The van der Waals surface area contributed by atoms with E-state index in [0.717, 1.165) is 27.1 Å². The SMILES string of the molecule is COc1ccc(CN(n2ncc3c(C(=O)O)cccc32)S(=O)(=O)c2ncns2)c(OC)c1. The Morgan fingerprint density at radius 2 is 2.03 bits per heavy atom. The van der Waals surface area contributed by atoms with Crippen LogP contribution in [0.15, 0.2) is 53.3 Å². The Labute approximate surface area is 186 Å². The van der Waals surface area contributed by atoms with Gasteiger partial charge in [0.15, 0.2) is 0 Å². The van der Waals surface area contributed by atoms with E-state index in [1.165, 1.54) is 32.5 Å². The fraction of sp³-hybridized carbons (Fsp3) is 0.158. The molecule has 0 saturated carbocycles. The minimum Gasteiger partial charge on any atom is -0.497 e. The van der Waals surface area contributed by atoms with Gasteiger partial charge >= 0.3 is 16.0 Å². The summed E-state index contributed by atoms with van der Waals surface area (Å²) in [7, 11) is -1.23. The molecule has 1 N–H and O–H groups in total. The van der Waals surface area contributed by atoms with E-state index < -0.39 is 16.0 Å². The summed E-state index contributed by atoms with van der Waals surface area (Å²) < 4.78 is 42.1. The first kappa shape index (κ1) is 21.5. The number of ether oxygens (including phenoxy) is 2. The lowest BCUT2D eigenvalue weighted by Crippen LogP contribution is -2.40. The molecule has 13 heteroatoms. The highest BCUT2D eigenvalue weighted by Crippen LogP contribution is 2.29. The van der Waals surface area contributed by atoms with E-state index in [9.17, 15) is 18.3 Å². The lowest BCUT2D eigenvalue weighted by molar-refractivity contribution is 0.0699. The fourth-order valence-corrected chi connectivity index (χ4v) is 5.20. The number of benzene rings is 2. The van der Waals surface area contributed by atoms with Crippen molar-refractivity contribution in [3.8, 4) is 11.5 Å². The molecule has 4 rings (SSSR count). The number of methoxy groups -OCH3 is 2. The van der Waals surface area contributed by atoms with Gasteiger partial charge in [0.25, 0.3) is 4.34 Å². The van der Waals surface area contributed by atoms with Gasteiger partial charge in [-0.25, -0.2) is 9.78 Å². The number of carbonyl (C=O) groups is 1. The maximum Gasteiger partial charge on any atom is 0.336 e. The van der Waals surface area contributed by atoms with Crippen LogP contribution in [0.25, 0.3) is 10.9 Å². The van der Waals surface area contributed by atoms with Gasteiger partial charge in [0.05, 0.1) is 38.0 Å². The molecule has 0 aliphatic heterocycles. The molecule has 2 heterocycles. The molecule has 0 fully saturated rings. The number of rotatable bonds is 8. The van der Waals surface area contributed by atoms with Crippen molar-refractivity contribution in [3.05, 3.63) is 60.0 Å². The summed E-state index contributed by atoms with van der Waals surface area (Å²) >= 11 is 0.718. The van der Waals surface area contributed by atoms with Gasteiger partial charge in [0.1, 0.15) is 17.8 Å². The minimum absolute atomic E-state index is 0.00374. The van der Waals surface area contributed by atoms with E-state index in [0.29, 0.717) is 28.0 Å². The van der Waals surface area contributed by atoms with Gasteiger partial charge in [-0.3, -0.25) is 0 Å². The molecular weight excluding hydrogens is 458 g/mol. The Morgan fingerprint density at radius 3 is 2.69 bits per heavy atom. The third kappa shape index (κ3) is 3.71. The molecule has 166 valence electrons. The van der Waals surface area contributed by atoms with Crippen LogP contribution in [-0.2, 0) is 16.6 Å². The molecule has 0 aliphatic rings. The predicted octanol–water partition coefficient (Wildman–Crippen LogP) is 2.13. The van der Waals surface area contributed by atoms with Gasteiger partial charge < -0.3 is 14.6 Å². The molecule has 11 nitrogen and oxygen atoms in total. The molecule has 0 aliphatic carbocycles. The lowest BCUT2D eigenvalue weighted by Gasteiger charge is -2.24. The largest absolute Gasteiger partial charge is 0.497 e. The first-order valence-electron chi connectivity index (χ1n) is 9.07. The van der Waals surface area contributed by atoms with Crippen molar-refractivity contribution in [3.63, 3.8) is 0 Å². The third-order valence-electron chi connectivity index (χ3n) is 4.68. The highest BCUT2D eigenvalue weighted by molar-refractivity contribution is 7.94. The smallest absolute Gasteiger partial charge is 0.336 e. The number of carboxylic acid groups (broad SMARTS) is 1. The second-order valence-electron chi connectivity index (χ2n) is 6.45. The van der Waals surface area contributed by atoms with Crippen molar-refractivity contribution in [1.82, 2.24) is 19.2 Å². The number of sulfonamides is 1. The maximum absolute atomic E-state index is 13.5. The van der Waals surface area contributed by atoms with Gasteiger partial charge in [-0.2, -0.15) is 27.1 Å². The van der Waals surface area contributed by atoms with Gasteiger partial charge in [-0.1, -0.05) is 6.07 Å². The molecule has 0 saturated heterocycles. The van der Waals surface area contributed by atoms with Crippen molar-refractivity contribution in [2.24, 2.45) is 0 Å². The van der Waals surface area contributed by atoms with Gasteiger partial charge in [0.2, 0.25) is 0 Å². The van der Waals surface area contributed by atoms with E-state index in [4.69, 9.17) is 9.47 Å². The van der Waals surface area contributed by atoms with Crippen LogP contribution in [-0.4, -0.2) is 53.0 Å². The fourth-order valence-electron chi connectivity index (χ4n) is 3.15. The molecule has 0 atom stereocenters. The van der Waals surface area contributed by atoms with Gasteiger partial charge in [-0.05, 0) is 35.8 Å². The summed E-state index contributed by atoms with van der Waals surface area (Å²) in [4.78, 5) is 16.6. The first-order valence-corrected chi connectivity index (χ1v) is 11.3. The van der Waals surface area contributed by atoms with Crippen LogP contribution < -0.4 is 13.9 Å². The number of carboxylic acids is 1. The van der Waals surface area contributed by atoms with E-state index in [-0.39, 0.29) is 16.4 Å². The molecular formula is C19H17N5O6S2. The second-order valence-corrected chi connectivity index (χ2v) is 9.24. The number of aromatic carboxylic acids is 1. The number of nitrogens with zero attached hydrogens (tertiary/aromatic N) is 5. The van der Waals surface area contributed by atoms with E-state index in [2.05, 4.69) is 14.5 Å². The Morgan fingerprint density at radius 1 is 1.22 bits per heavy atom. The normalized spacial score (nSPS) is 11.4. The molecule has 0 unspecified atom stereocenters. The average Bonchev–Trinajstić information content (AvgIpc) is 3.47. The molecule has 2 aromatic carbocycles. The monoisotopic (exact) mass is 475 g/mol. The molecule has 32 heavy (non-hydrogen) atoms. The lowest BCUT2D eigenvalue weighted by atomic mass is 10.1. The third-order valence-corrected chi connectivity index (χ3v) is 7.38. The van der Waals surface area contributed by atoms with Crippen molar-refractivity contribution in [2.75, 3.05) is 18.6 Å². The summed E-state index contributed by atoms with van der Waals surface area (Å²) in [6.07, 6.45) is 2.46. The topological polar surface area (TPSA) is 137 Å². The number of aromatic nitrogens is 4. The highest BCUT2D eigenvalue weighted by atomic mass is 32.2.